The van der Waals surface area contributed by atoms with Gasteiger partial charge in [0.1, 0.15) is 13.1 Å². The number of rotatable bonds is 4. The number of amides is 2. The Balaban J connectivity index is 2.80. The quantitative estimate of drug-likeness (QED) is 0.868. The number of carbonyl (C=O) groups excluding carboxylic acids is 1. The average Bonchev–Trinajstić information content (AvgIpc) is 2.34. The van der Waals surface area contributed by atoms with Crippen LogP contribution in [0.1, 0.15) is 32.6 Å². The van der Waals surface area contributed by atoms with E-state index in [0.717, 1.165) is 25.7 Å². The zero-order chi connectivity index (χ0) is 16.2. The predicted octanol–water partition coefficient (Wildman–Crippen LogP) is 2.57. The number of hydrogen-bond acceptors (Lipinski definition) is 2. The van der Waals surface area contributed by atoms with Gasteiger partial charge in [-0.1, -0.05) is 19.8 Å². The first-order valence-electron chi connectivity index (χ1n) is 6.92. The van der Waals surface area contributed by atoms with E-state index in [1.54, 1.807) is 0 Å². The zero-order valence-electron chi connectivity index (χ0n) is 12.2. The van der Waals surface area contributed by atoms with Gasteiger partial charge in [-0.05, 0) is 18.8 Å². The van der Waals surface area contributed by atoms with Crippen LogP contribution in [0, 0.1) is 5.92 Å². The van der Waals surface area contributed by atoms with Crippen molar-refractivity contribution in [3.63, 3.8) is 0 Å². The summed E-state index contributed by atoms with van der Waals surface area (Å²) in [5.41, 5.74) is 0. The molecule has 1 rings (SSSR count). The highest BCUT2D eigenvalue weighted by Crippen LogP contribution is 2.28. The van der Waals surface area contributed by atoms with E-state index in [4.69, 9.17) is 5.11 Å². The van der Waals surface area contributed by atoms with Gasteiger partial charge in [-0.15, -0.1) is 0 Å². The molecule has 0 aromatic heterocycles. The lowest BCUT2D eigenvalue weighted by molar-refractivity contribution is -0.150. The molecule has 0 aromatic carbocycles. The minimum Gasteiger partial charge on any atom is -0.480 e. The molecule has 122 valence electrons. The van der Waals surface area contributed by atoms with E-state index < -0.39 is 31.3 Å². The standard InChI is InChI=1S/C13H21F3N2O3/c1-9-5-3-4-6-10(9)17(2)12(21)18(7-11(19)20)8-13(14,15)16/h9-10H,3-8H2,1-2H3,(H,19,20). The van der Waals surface area contributed by atoms with Crippen LogP contribution >= 0.6 is 0 Å². The van der Waals surface area contributed by atoms with Crippen molar-refractivity contribution in [2.75, 3.05) is 20.1 Å². The van der Waals surface area contributed by atoms with E-state index in [1.165, 1.54) is 11.9 Å². The fraction of sp³-hybridized carbons (Fsp3) is 0.846. The molecule has 0 spiro atoms. The summed E-state index contributed by atoms with van der Waals surface area (Å²) in [6, 6.07) is -1.02. The molecular weight excluding hydrogens is 289 g/mol. The number of aliphatic carboxylic acids is 1. The van der Waals surface area contributed by atoms with Crippen molar-refractivity contribution in [3.8, 4) is 0 Å². The smallest absolute Gasteiger partial charge is 0.406 e. The lowest BCUT2D eigenvalue weighted by atomic mass is 9.85. The van der Waals surface area contributed by atoms with Crippen LogP contribution in [0.3, 0.4) is 0 Å². The molecule has 0 heterocycles. The highest BCUT2D eigenvalue weighted by Gasteiger charge is 2.37. The van der Waals surface area contributed by atoms with Gasteiger partial charge in [0.05, 0.1) is 0 Å². The molecule has 2 atom stereocenters. The summed E-state index contributed by atoms with van der Waals surface area (Å²) in [5.74, 6) is -1.26. The van der Waals surface area contributed by atoms with Gasteiger partial charge in [0.2, 0.25) is 0 Å². The van der Waals surface area contributed by atoms with E-state index in [-0.39, 0.29) is 12.0 Å². The fourth-order valence-electron chi connectivity index (χ4n) is 2.81. The van der Waals surface area contributed by atoms with Crippen LogP contribution < -0.4 is 0 Å². The molecule has 0 bridgehead atoms. The van der Waals surface area contributed by atoms with Crippen molar-refractivity contribution < 1.29 is 27.9 Å². The Morgan fingerprint density at radius 2 is 1.81 bits per heavy atom. The van der Waals surface area contributed by atoms with Crippen LogP contribution in [0.4, 0.5) is 18.0 Å². The Labute approximate surface area is 121 Å². The van der Waals surface area contributed by atoms with Gasteiger partial charge < -0.3 is 14.9 Å². The first kappa shape index (κ1) is 17.6. The van der Waals surface area contributed by atoms with Crippen LogP contribution in [0.25, 0.3) is 0 Å². The van der Waals surface area contributed by atoms with E-state index in [9.17, 15) is 22.8 Å². The number of carboxylic acids is 1. The molecular formula is C13H21F3N2O3. The number of hydrogen-bond donors (Lipinski definition) is 1. The van der Waals surface area contributed by atoms with Crippen molar-refractivity contribution >= 4 is 12.0 Å². The second-order valence-corrected chi connectivity index (χ2v) is 5.59. The van der Waals surface area contributed by atoms with Gasteiger partial charge in [-0.2, -0.15) is 13.2 Å². The van der Waals surface area contributed by atoms with E-state index in [2.05, 4.69) is 0 Å². The topological polar surface area (TPSA) is 60.9 Å². The fourth-order valence-corrected chi connectivity index (χ4v) is 2.81. The number of carbonyl (C=O) groups is 2. The van der Waals surface area contributed by atoms with Crippen molar-refractivity contribution in [3.05, 3.63) is 0 Å². The van der Waals surface area contributed by atoms with Crippen LogP contribution in [0.5, 0.6) is 0 Å². The summed E-state index contributed by atoms with van der Waals surface area (Å²) in [5, 5.41) is 8.69. The summed E-state index contributed by atoms with van der Waals surface area (Å²) in [4.78, 5) is 24.5. The molecule has 2 unspecified atom stereocenters. The third kappa shape index (κ3) is 5.43. The third-order valence-electron chi connectivity index (χ3n) is 3.83. The predicted molar refractivity (Wildman–Crippen MR) is 69.8 cm³/mol. The van der Waals surface area contributed by atoms with Gasteiger partial charge in [0, 0.05) is 13.1 Å². The molecule has 8 heteroatoms. The van der Waals surface area contributed by atoms with Crippen molar-refractivity contribution in [1.82, 2.24) is 9.80 Å². The number of halogens is 3. The Hall–Kier alpha value is -1.47. The van der Waals surface area contributed by atoms with E-state index in [0.29, 0.717) is 4.90 Å². The summed E-state index contributed by atoms with van der Waals surface area (Å²) in [6.07, 6.45) is -1.01. The van der Waals surface area contributed by atoms with Crippen LogP contribution in [0.15, 0.2) is 0 Å². The largest absolute Gasteiger partial charge is 0.480 e. The molecule has 1 aliphatic rings. The van der Waals surface area contributed by atoms with Crippen molar-refractivity contribution in [1.29, 1.82) is 0 Å². The number of urea groups is 1. The summed E-state index contributed by atoms with van der Waals surface area (Å²) >= 11 is 0. The molecule has 0 aliphatic heterocycles. The highest BCUT2D eigenvalue weighted by atomic mass is 19.4. The lowest BCUT2D eigenvalue weighted by Crippen LogP contribution is -2.52. The molecule has 0 radical (unpaired) electrons. The molecule has 2 amide bonds. The SMILES string of the molecule is CC1CCCCC1N(C)C(=O)N(CC(=O)O)CC(F)(F)F. The Kier molecular flexibility index (Phi) is 5.86. The molecule has 0 aromatic rings. The maximum Gasteiger partial charge on any atom is 0.406 e. The normalized spacial score (nSPS) is 22.7. The zero-order valence-corrected chi connectivity index (χ0v) is 12.2. The van der Waals surface area contributed by atoms with Crippen LogP contribution in [0.2, 0.25) is 0 Å². The molecule has 0 saturated heterocycles. The molecule has 1 N–H and O–H groups in total. The average molecular weight is 310 g/mol. The van der Waals surface area contributed by atoms with E-state index in [1.807, 2.05) is 6.92 Å². The maximum atomic E-state index is 12.5. The van der Waals surface area contributed by atoms with Gasteiger partial charge in [-0.3, -0.25) is 4.79 Å². The van der Waals surface area contributed by atoms with Gasteiger partial charge in [0.15, 0.2) is 0 Å². The van der Waals surface area contributed by atoms with Gasteiger partial charge >= 0.3 is 18.2 Å². The van der Waals surface area contributed by atoms with E-state index >= 15 is 0 Å². The summed E-state index contributed by atoms with van der Waals surface area (Å²) < 4.78 is 37.5. The monoisotopic (exact) mass is 310 g/mol. The number of nitrogens with zero attached hydrogens (tertiary/aromatic N) is 2. The van der Waals surface area contributed by atoms with Crippen LogP contribution in [-0.4, -0.2) is 59.3 Å². The minimum atomic E-state index is -4.62. The molecule has 1 aliphatic carbocycles. The lowest BCUT2D eigenvalue weighted by Gasteiger charge is -2.38. The molecule has 1 saturated carbocycles. The first-order valence-corrected chi connectivity index (χ1v) is 6.92. The molecule has 1 fully saturated rings. The summed E-state index contributed by atoms with van der Waals surface area (Å²) in [6.45, 7) is -0.549. The van der Waals surface area contributed by atoms with Gasteiger partial charge in [0.25, 0.3) is 0 Å². The summed E-state index contributed by atoms with van der Waals surface area (Å²) in [7, 11) is 1.44. The Morgan fingerprint density at radius 1 is 1.24 bits per heavy atom. The second kappa shape index (κ2) is 7.00. The van der Waals surface area contributed by atoms with Crippen molar-refractivity contribution in [2.45, 2.75) is 44.8 Å². The third-order valence-corrected chi connectivity index (χ3v) is 3.83. The maximum absolute atomic E-state index is 12.5. The number of carboxylic acid groups (broad SMARTS) is 1. The Morgan fingerprint density at radius 3 is 2.29 bits per heavy atom. The Bertz CT molecular complexity index is 387. The minimum absolute atomic E-state index is 0.143. The number of alkyl halides is 3. The molecule has 21 heavy (non-hydrogen) atoms. The van der Waals surface area contributed by atoms with Crippen LogP contribution in [-0.2, 0) is 4.79 Å². The second-order valence-electron chi connectivity index (χ2n) is 5.59. The molecule has 5 nitrogen and oxygen atoms in total. The first-order chi connectivity index (χ1) is 9.61. The van der Waals surface area contributed by atoms with Crippen molar-refractivity contribution in [2.24, 2.45) is 5.92 Å². The van der Waals surface area contributed by atoms with Gasteiger partial charge in [-0.25, -0.2) is 4.79 Å². The highest BCUT2D eigenvalue weighted by molar-refractivity contribution is 5.80.